The molecule has 2 aromatic rings. The van der Waals surface area contributed by atoms with Gasteiger partial charge in [-0.15, -0.1) is 0 Å². The Kier molecular flexibility index (Phi) is 3.16. The van der Waals surface area contributed by atoms with Gasteiger partial charge in [0.2, 0.25) is 0 Å². The number of nitrogens with two attached hydrogens (primary N) is 1. The molecule has 0 amide bonds. The molecule has 6 nitrogen and oxygen atoms in total. The minimum atomic E-state index is 0.344. The smallest absolute Gasteiger partial charge is 0.262 e. The van der Waals surface area contributed by atoms with Crippen molar-refractivity contribution < 1.29 is 9.26 Å². The number of rotatable bonds is 4. The highest BCUT2D eigenvalue weighted by Gasteiger charge is 2.17. The fourth-order valence-corrected chi connectivity index (χ4v) is 1.91. The van der Waals surface area contributed by atoms with Crippen molar-refractivity contribution in [3.8, 4) is 11.5 Å². The molecular weight excluding hydrogens is 228 g/mol. The number of aryl methyl sites for hydroxylation is 1. The zero-order valence-corrected chi connectivity index (χ0v) is 9.87. The van der Waals surface area contributed by atoms with Gasteiger partial charge in [0.15, 0.2) is 5.82 Å². The highest BCUT2D eigenvalue weighted by atomic mass is 32.1. The molecule has 0 spiro atoms. The third-order valence-corrected chi connectivity index (χ3v) is 2.77. The molecule has 0 aliphatic carbocycles. The van der Waals surface area contributed by atoms with E-state index in [-0.39, 0.29) is 0 Å². The van der Waals surface area contributed by atoms with Gasteiger partial charge in [0.05, 0.1) is 11.3 Å². The molecule has 0 saturated heterocycles. The van der Waals surface area contributed by atoms with Crippen LogP contribution in [0.15, 0.2) is 4.52 Å². The van der Waals surface area contributed by atoms with Crippen molar-refractivity contribution in [1.82, 2.24) is 14.5 Å². The standard InChI is InChI=1S/C9H12N4O2S/c1-3-14-4-6-11-9(15-12-6)7-5(2)13-16-8(7)10/h3-4,10H2,1-2H3. The topological polar surface area (TPSA) is 87.1 Å². The largest absolute Gasteiger partial charge is 0.389 e. The van der Waals surface area contributed by atoms with E-state index < -0.39 is 0 Å². The van der Waals surface area contributed by atoms with Gasteiger partial charge in [-0.25, -0.2) is 0 Å². The Labute approximate surface area is 96.6 Å². The van der Waals surface area contributed by atoms with Gasteiger partial charge in [0.1, 0.15) is 11.6 Å². The first-order chi connectivity index (χ1) is 7.72. The Balaban J connectivity index is 2.25. The van der Waals surface area contributed by atoms with Crippen molar-refractivity contribution >= 4 is 16.5 Å². The van der Waals surface area contributed by atoms with E-state index >= 15 is 0 Å². The highest BCUT2D eigenvalue weighted by molar-refractivity contribution is 7.10. The third kappa shape index (κ3) is 2.05. The number of aromatic nitrogens is 3. The van der Waals surface area contributed by atoms with Crippen LogP contribution in [0.5, 0.6) is 0 Å². The molecule has 0 saturated carbocycles. The van der Waals surface area contributed by atoms with Crippen molar-refractivity contribution in [2.24, 2.45) is 0 Å². The van der Waals surface area contributed by atoms with Crippen LogP contribution in [0.2, 0.25) is 0 Å². The maximum Gasteiger partial charge on any atom is 0.262 e. The predicted molar refractivity (Wildman–Crippen MR) is 59.9 cm³/mol. The maximum atomic E-state index is 5.78. The van der Waals surface area contributed by atoms with Gasteiger partial charge < -0.3 is 15.0 Å². The first kappa shape index (κ1) is 11.0. The van der Waals surface area contributed by atoms with Crippen molar-refractivity contribution in [1.29, 1.82) is 0 Å². The summed E-state index contributed by atoms with van der Waals surface area (Å²) in [7, 11) is 0. The summed E-state index contributed by atoms with van der Waals surface area (Å²) in [4.78, 5) is 4.20. The summed E-state index contributed by atoms with van der Waals surface area (Å²) in [6.07, 6.45) is 0. The lowest BCUT2D eigenvalue weighted by Gasteiger charge is -1.93. The summed E-state index contributed by atoms with van der Waals surface area (Å²) < 4.78 is 14.4. The summed E-state index contributed by atoms with van der Waals surface area (Å²) in [5, 5.41) is 4.39. The van der Waals surface area contributed by atoms with Crippen LogP contribution < -0.4 is 5.73 Å². The second-order valence-corrected chi connectivity index (χ2v) is 3.97. The molecule has 2 N–H and O–H groups in total. The lowest BCUT2D eigenvalue weighted by atomic mass is 10.2. The van der Waals surface area contributed by atoms with Gasteiger partial charge in [-0.1, -0.05) is 5.16 Å². The van der Waals surface area contributed by atoms with E-state index in [1.807, 2.05) is 13.8 Å². The summed E-state index contributed by atoms with van der Waals surface area (Å²) in [6, 6.07) is 0. The average molecular weight is 240 g/mol. The number of anilines is 1. The fraction of sp³-hybridized carbons (Fsp3) is 0.444. The Bertz CT molecular complexity index is 460. The molecule has 0 aliphatic heterocycles. The van der Waals surface area contributed by atoms with Crippen molar-refractivity contribution in [2.75, 3.05) is 12.3 Å². The molecule has 2 aromatic heterocycles. The van der Waals surface area contributed by atoms with E-state index in [1.54, 1.807) is 0 Å². The fourth-order valence-electron chi connectivity index (χ4n) is 1.25. The number of nitrogen functional groups attached to an aromatic ring is 1. The summed E-state index contributed by atoms with van der Waals surface area (Å²) in [5.74, 6) is 0.917. The van der Waals surface area contributed by atoms with E-state index in [4.69, 9.17) is 15.0 Å². The van der Waals surface area contributed by atoms with Crippen LogP contribution in [-0.2, 0) is 11.3 Å². The number of hydrogen-bond donors (Lipinski definition) is 1. The molecule has 0 unspecified atom stereocenters. The van der Waals surface area contributed by atoms with Gasteiger partial charge in [-0.05, 0) is 25.4 Å². The molecule has 2 rings (SSSR count). The SMILES string of the molecule is CCOCc1noc(-c2c(C)nsc2N)n1. The lowest BCUT2D eigenvalue weighted by Crippen LogP contribution is -1.94. The van der Waals surface area contributed by atoms with Crippen LogP contribution in [0.1, 0.15) is 18.4 Å². The van der Waals surface area contributed by atoms with Crippen LogP contribution >= 0.6 is 11.5 Å². The average Bonchev–Trinajstić information content (AvgIpc) is 2.83. The van der Waals surface area contributed by atoms with Crippen LogP contribution in [0.4, 0.5) is 5.00 Å². The van der Waals surface area contributed by atoms with Gasteiger partial charge >= 0.3 is 0 Å². The molecular formula is C9H12N4O2S. The summed E-state index contributed by atoms with van der Waals surface area (Å²) in [5.41, 5.74) is 7.30. The van der Waals surface area contributed by atoms with Crippen molar-refractivity contribution in [2.45, 2.75) is 20.5 Å². The molecule has 0 radical (unpaired) electrons. The molecule has 0 aliphatic rings. The Hall–Kier alpha value is -1.47. The van der Waals surface area contributed by atoms with E-state index in [9.17, 15) is 0 Å². The molecule has 0 bridgehead atoms. The molecule has 0 aromatic carbocycles. The maximum absolute atomic E-state index is 5.78. The highest BCUT2D eigenvalue weighted by Crippen LogP contribution is 2.30. The van der Waals surface area contributed by atoms with Gasteiger partial charge in [-0.3, -0.25) is 0 Å². The third-order valence-electron chi connectivity index (χ3n) is 2.01. The van der Waals surface area contributed by atoms with Crippen LogP contribution in [0.25, 0.3) is 11.5 Å². The van der Waals surface area contributed by atoms with Gasteiger partial charge in [-0.2, -0.15) is 9.36 Å². The normalized spacial score (nSPS) is 10.9. The number of hydrogen-bond acceptors (Lipinski definition) is 7. The van der Waals surface area contributed by atoms with Gasteiger partial charge in [0.25, 0.3) is 5.89 Å². The minimum Gasteiger partial charge on any atom is -0.389 e. The molecule has 86 valence electrons. The minimum absolute atomic E-state index is 0.344. The van der Waals surface area contributed by atoms with Crippen LogP contribution in [0.3, 0.4) is 0 Å². The quantitative estimate of drug-likeness (QED) is 0.873. The second kappa shape index (κ2) is 4.58. The van der Waals surface area contributed by atoms with Crippen molar-refractivity contribution in [3.05, 3.63) is 11.5 Å². The summed E-state index contributed by atoms with van der Waals surface area (Å²) >= 11 is 1.22. The zero-order chi connectivity index (χ0) is 11.5. The molecule has 2 heterocycles. The molecule has 0 atom stereocenters. The Morgan fingerprint density at radius 2 is 2.31 bits per heavy atom. The van der Waals surface area contributed by atoms with Crippen LogP contribution in [-0.4, -0.2) is 21.1 Å². The monoisotopic (exact) mass is 240 g/mol. The van der Waals surface area contributed by atoms with Crippen LogP contribution in [0, 0.1) is 6.92 Å². The summed E-state index contributed by atoms with van der Waals surface area (Å²) in [6.45, 7) is 4.72. The second-order valence-electron chi connectivity index (χ2n) is 3.16. The molecule has 16 heavy (non-hydrogen) atoms. The number of nitrogens with zero attached hydrogens (tertiary/aromatic N) is 3. The van der Waals surface area contributed by atoms with E-state index in [1.165, 1.54) is 11.5 Å². The van der Waals surface area contributed by atoms with E-state index in [0.717, 1.165) is 11.3 Å². The van der Waals surface area contributed by atoms with E-state index in [2.05, 4.69) is 14.5 Å². The predicted octanol–water partition coefficient (Wildman–Crippen LogP) is 1.62. The Morgan fingerprint density at radius 1 is 1.50 bits per heavy atom. The first-order valence-corrected chi connectivity index (χ1v) is 5.62. The zero-order valence-electron chi connectivity index (χ0n) is 9.06. The Morgan fingerprint density at radius 3 is 2.94 bits per heavy atom. The van der Waals surface area contributed by atoms with Crippen molar-refractivity contribution in [3.63, 3.8) is 0 Å². The number of ether oxygens (including phenoxy) is 1. The molecule has 0 fully saturated rings. The van der Waals surface area contributed by atoms with Gasteiger partial charge in [0, 0.05) is 6.61 Å². The molecule has 7 heteroatoms. The first-order valence-electron chi connectivity index (χ1n) is 4.84. The van der Waals surface area contributed by atoms with E-state index in [0.29, 0.717) is 29.9 Å². The lowest BCUT2D eigenvalue weighted by molar-refractivity contribution is 0.126.